The van der Waals surface area contributed by atoms with Crippen molar-refractivity contribution in [2.75, 3.05) is 11.9 Å². The Balaban J connectivity index is 2.17. The summed E-state index contributed by atoms with van der Waals surface area (Å²) in [5.74, 6) is 0.234. The summed E-state index contributed by atoms with van der Waals surface area (Å²) in [6.45, 7) is 4.17. The number of hydrogen-bond acceptors (Lipinski definition) is 4. The lowest BCUT2D eigenvalue weighted by Gasteiger charge is -2.09. The van der Waals surface area contributed by atoms with Crippen LogP contribution < -0.4 is 10.9 Å². The number of nitrogens with zero attached hydrogens (tertiary/aromatic N) is 1. The number of H-pyrrole nitrogens is 1. The second-order valence-electron chi connectivity index (χ2n) is 4.98. The van der Waals surface area contributed by atoms with Gasteiger partial charge >= 0.3 is 6.09 Å². The summed E-state index contributed by atoms with van der Waals surface area (Å²) in [7, 11) is 0. The summed E-state index contributed by atoms with van der Waals surface area (Å²) in [5.41, 5.74) is 1.43. The van der Waals surface area contributed by atoms with E-state index in [1.165, 1.54) is 0 Å². The molecule has 0 saturated heterocycles. The molecule has 2 heterocycles. The van der Waals surface area contributed by atoms with Gasteiger partial charge in [0.1, 0.15) is 5.69 Å². The minimum Gasteiger partial charge on any atom is -0.449 e. The van der Waals surface area contributed by atoms with E-state index in [0.717, 1.165) is 11.1 Å². The summed E-state index contributed by atoms with van der Waals surface area (Å²) in [6, 6.07) is 5.23. The van der Waals surface area contributed by atoms with Crippen LogP contribution in [0.2, 0.25) is 0 Å². The number of pyridine rings is 2. The highest BCUT2D eigenvalue weighted by Crippen LogP contribution is 2.18. The number of hydrogen-bond donors (Lipinski definition) is 2. The minimum atomic E-state index is -0.638. The maximum Gasteiger partial charge on any atom is 0.411 e. The first-order valence-corrected chi connectivity index (χ1v) is 6.63. The van der Waals surface area contributed by atoms with Crippen molar-refractivity contribution in [2.24, 2.45) is 5.92 Å². The lowest BCUT2D eigenvalue weighted by molar-refractivity contribution is 0.147. The van der Waals surface area contributed by atoms with Crippen LogP contribution in [0.15, 0.2) is 41.6 Å². The molecule has 0 aliphatic rings. The molecule has 2 aromatic heterocycles. The summed E-state index contributed by atoms with van der Waals surface area (Å²) in [4.78, 5) is 29.9. The number of amides is 1. The zero-order valence-electron chi connectivity index (χ0n) is 11.9. The molecule has 2 aromatic rings. The molecule has 21 heavy (non-hydrogen) atoms. The largest absolute Gasteiger partial charge is 0.449 e. The van der Waals surface area contributed by atoms with E-state index in [4.69, 9.17) is 4.74 Å². The van der Waals surface area contributed by atoms with E-state index in [9.17, 15) is 9.59 Å². The average Bonchev–Trinajstić information content (AvgIpc) is 2.48. The molecule has 0 saturated carbocycles. The SMILES string of the molecule is CC(C)COC(=O)Nc1cc(-c2ccncc2)c[nH]c1=O. The van der Waals surface area contributed by atoms with Crippen molar-refractivity contribution >= 4 is 11.8 Å². The second kappa shape index (κ2) is 6.69. The van der Waals surface area contributed by atoms with Gasteiger partial charge in [0.25, 0.3) is 5.56 Å². The molecule has 0 unspecified atom stereocenters. The Morgan fingerprint density at radius 2 is 2.05 bits per heavy atom. The topological polar surface area (TPSA) is 84.1 Å². The second-order valence-corrected chi connectivity index (χ2v) is 4.98. The van der Waals surface area contributed by atoms with Crippen molar-refractivity contribution in [3.8, 4) is 11.1 Å². The number of nitrogens with one attached hydrogen (secondary N) is 2. The Morgan fingerprint density at radius 1 is 1.33 bits per heavy atom. The Hall–Kier alpha value is -2.63. The first kappa shape index (κ1) is 14.8. The molecule has 2 N–H and O–H groups in total. The number of carbonyl (C=O) groups is 1. The number of ether oxygens (including phenoxy) is 1. The summed E-state index contributed by atoms with van der Waals surface area (Å²) in [5, 5.41) is 2.46. The van der Waals surface area contributed by atoms with Crippen LogP contribution in [0.1, 0.15) is 13.8 Å². The van der Waals surface area contributed by atoms with Crippen LogP contribution in [-0.4, -0.2) is 22.7 Å². The normalized spacial score (nSPS) is 10.4. The zero-order valence-corrected chi connectivity index (χ0v) is 11.9. The van der Waals surface area contributed by atoms with E-state index < -0.39 is 6.09 Å². The molecule has 6 heteroatoms. The van der Waals surface area contributed by atoms with E-state index in [1.807, 2.05) is 26.0 Å². The Kier molecular flexibility index (Phi) is 4.71. The molecule has 0 radical (unpaired) electrons. The van der Waals surface area contributed by atoms with Gasteiger partial charge in [0.05, 0.1) is 6.61 Å². The first-order valence-electron chi connectivity index (χ1n) is 6.63. The van der Waals surface area contributed by atoms with E-state index in [2.05, 4.69) is 15.3 Å². The highest BCUT2D eigenvalue weighted by Gasteiger charge is 2.09. The molecule has 110 valence electrons. The lowest BCUT2D eigenvalue weighted by atomic mass is 10.1. The summed E-state index contributed by atoms with van der Waals surface area (Å²) in [6.07, 6.45) is 4.26. The van der Waals surface area contributed by atoms with Gasteiger partial charge < -0.3 is 9.72 Å². The molecular weight excluding hydrogens is 270 g/mol. The van der Waals surface area contributed by atoms with Crippen molar-refractivity contribution in [1.29, 1.82) is 0 Å². The van der Waals surface area contributed by atoms with Crippen LogP contribution in [0.4, 0.5) is 10.5 Å². The van der Waals surface area contributed by atoms with Gasteiger partial charge in [0, 0.05) is 24.2 Å². The van der Waals surface area contributed by atoms with E-state index in [1.54, 1.807) is 24.7 Å². The fraction of sp³-hybridized carbons (Fsp3) is 0.267. The molecule has 0 aliphatic heterocycles. The highest BCUT2D eigenvalue weighted by molar-refractivity contribution is 5.85. The van der Waals surface area contributed by atoms with Crippen molar-refractivity contribution < 1.29 is 9.53 Å². The average molecular weight is 287 g/mol. The van der Waals surface area contributed by atoms with E-state index >= 15 is 0 Å². The molecule has 2 rings (SSSR count). The van der Waals surface area contributed by atoms with Crippen LogP contribution in [0.3, 0.4) is 0 Å². The Morgan fingerprint density at radius 3 is 2.71 bits per heavy atom. The van der Waals surface area contributed by atoms with Gasteiger partial charge in [-0.15, -0.1) is 0 Å². The van der Waals surface area contributed by atoms with Crippen LogP contribution in [0.5, 0.6) is 0 Å². The van der Waals surface area contributed by atoms with E-state index in [0.29, 0.717) is 6.61 Å². The van der Waals surface area contributed by atoms with Gasteiger partial charge in [-0.1, -0.05) is 13.8 Å². The maximum atomic E-state index is 11.7. The summed E-state index contributed by atoms with van der Waals surface area (Å²) >= 11 is 0. The van der Waals surface area contributed by atoms with Gasteiger partial charge in [-0.3, -0.25) is 15.1 Å². The first-order chi connectivity index (χ1) is 10.1. The van der Waals surface area contributed by atoms with Crippen molar-refractivity contribution in [3.63, 3.8) is 0 Å². The predicted octanol–water partition coefficient (Wildman–Crippen LogP) is 2.64. The molecule has 0 aromatic carbocycles. The van der Waals surface area contributed by atoms with Gasteiger partial charge in [0.15, 0.2) is 0 Å². The zero-order chi connectivity index (χ0) is 15.2. The predicted molar refractivity (Wildman–Crippen MR) is 80.1 cm³/mol. The molecular formula is C15H17N3O3. The third-order valence-corrected chi connectivity index (χ3v) is 2.70. The van der Waals surface area contributed by atoms with Crippen LogP contribution in [0, 0.1) is 5.92 Å². The Bertz CT molecular complexity index is 665. The van der Waals surface area contributed by atoms with E-state index in [-0.39, 0.29) is 17.2 Å². The standard InChI is InChI=1S/C15H17N3O3/c1-10(2)9-21-15(20)18-13-7-12(8-17-14(13)19)11-3-5-16-6-4-11/h3-8,10H,9H2,1-2H3,(H,17,19)(H,18,20). The maximum absolute atomic E-state index is 11.7. The third-order valence-electron chi connectivity index (χ3n) is 2.70. The molecule has 0 spiro atoms. The van der Waals surface area contributed by atoms with Gasteiger partial charge in [-0.25, -0.2) is 4.79 Å². The number of anilines is 1. The minimum absolute atomic E-state index is 0.151. The van der Waals surface area contributed by atoms with Gasteiger partial charge in [-0.2, -0.15) is 0 Å². The fourth-order valence-corrected chi connectivity index (χ4v) is 1.68. The summed E-state index contributed by atoms with van der Waals surface area (Å²) < 4.78 is 5.00. The molecule has 0 atom stereocenters. The fourth-order valence-electron chi connectivity index (χ4n) is 1.68. The molecule has 0 aliphatic carbocycles. The van der Waals surface area contributed by atoms with Gasteiger partial charge in [0.2, 0.25) is 0 Å². The third kappa shape index (κ3) is 4.17. The number of aromatic nitrogens is 2. The Labute approximate surface area is 122 Å². The molecule has 0 fully saturated rings. The smallest absolute Gasteiger partial charge is 0.411 e. The lowest BCUT2D eigenvalue weighted by Crippen LogP contribution is -2.21. The van der Waals surface area contributed by atoms with Crippen molar-refractivity contribution in [1.82, 2.24) is 9.97 Å². The van der Waals surface area contributed by atoms with Gasteiger partial charge in [-0.05, 0) is 29.7 Å². The molecule has 1 amide bonds. The number of aromatic amines is 1. The molecule has 6 nitrogen and oxygen atoms in total. The van der Waals surface area contributed by atoms with Crippen LogP contribution in [-0.2, 0) is 4.74 Å². The van der Waals surface area contributed by atoms with Crippen molar-refractivity contribution in [3.05, 3.63) is 47.1 Å². The number of carbonyl (C=O) groups excluding carboxylic acids is 1. The van der Waals surface area contributed by atoms with Crippen LogP contribution in [0.25, 0.3) is 11.1 Å². The number of rotatable bonds is 4. The monoisotopic (exact) mass is 287 g/mol. The quantitative estimate of drug-likeness (QED) is 0.905. The highest BCUT2D eigenvalue weighted by atomic mass is 16.5. The van der Waals surface area contributed by atoms with Crippen molar-refractivity contribution in [2.45, 2.75) is 13.8 Å². The molecule has 0 bridgehead atoms. The van der Waals surface area contributed by atoms with Crippen LogP contribution >= 0.6 is 0 Å².